The molecule has 1 fully saturated rings. The first-order chi connectivity index (χ1) is 12.6. The van der Waals surface area contributed by atoms with Gasteiger partial charge in [-0.25, -0.2) is 0 Å². The van der Waals surface area contributed by atoms with Gasteiger partial charge in [0.15, 0.2) is 0 Å². The lowest BCUT2D eigenvalue weighted by atomic mass is 10.2. The SMILES string of the molecule is COC(=O)CCCCNC(=O)c1ccccc1SCC(=O)N1CCCC1. The number of unbranched alkanes of at least 4 members (excludes halogenated alkanes) is 1. The fourth-order valence-corrected chi connectivity index (χ4v) is 3.72. The average Bonchev–Trinajstić information content (AvgIpc) is 3.20. The second-order valence-electron chi connectivity index (χ2n) is 6.16. The lowest BCUT2D eigenvalue weighted by Gasteiger charge is -2.15. The summed E-state index contributed by atoms with van der Waals surface area (Å²) >= 11 is 1.41. The van der Waals surface area contributed by atoms with Gasteiger partial charge in [0.25, 0.3) is 5.91 Å². The number of ether oxygens (including phenoxy) is 1. The molecular formula is C19H26N2O4S. The molecule has 26 heavy (non-hydrogen) atoms. The smallest absolute Gasteiger partial charge is 0.305 e. The van der Waals surface area contributed by atoms with Gasteiger partial charge in [0.1, 0.15) is 0 Å². The number of likely N-dealkylation sites (tertiary alicyclic amines) is 1. The number of carbonyl (C=O) groups excluding carboxylic acids is 3. The zero-order valence-electron chi connectivity index (χ0n) is 15.2. The van der Waals surface area contributed by atoms with Crippen LogP contribution in [0.15, 0.2) is 29.2 Å². The molecule has 0 saturated carbocycles. The van der Waals surface area contributed by atoms with Crippen LogP contribution in [0.4, 0.5) is 0 Å². The average molecular weight is 378 g/mol. The first kappa shape index (κ1) is 20.3. The van der Waals surface area contributed by atoms with Crippen LogP contribution < -0.4 is 5.32 Å². The normalized spacial score (nSPS) is 13.5. The lowest BCUT2D eigenvalue weighted by Crippen LogP contribution is -2.29. The third-order valence-corrected chi connectivity index (χ3v) is 5.32. The van der Waals surface area contributed by atoms with Crippen LogP contribution in [0, 0.1) is 0 Å². The van der Waals surface area contributed by atoms with Gasteiger partial charge in [-0.2, -0.15) is 0 Å². The van der Waals surface area contributed by atoms with Crippen LogP contribution >= 0.6 is 11.8 Å². The van der Waals surface area contributed by atoms with Crippen molar-refractivity contribution in [2.75, 3.05) is 32.5 Å². The van der Waals surface area contributed by atoms with E-state index in [1.54, 1.807) is 6.07 Å². The van der Waals surface area contributed by atoms with E-state index in [1.165, 1.54) is 18.9 Å². The molecule has 0 bridgehead atoms. The van der Waals surface area contributed by atoms with E-state index in [4.69, 9.17) is 0 Å². The molecule has 1 aromatic carbocycles. The Morgan fingerprint density at radius 3 is 2.62 bits per heavy atom. The third kappa shape index (κ3) is 6.37. The highest BCUT2D eigenvalue weighted by Crippen LogP contribution is 2.23. The van der Waals surface area contributed by atoms with Gasteiger partial charge in [-0.05, 0) is 37.8 Å². The van der Waals surface area contributed by atoms with Crippen LogP contribution in [0.1, 0.15) is 42.5 Å². The summed E-state index contributed by atoms with van der Waals surface area (Å²) in [5.41, 5.74) is 0.583. The lowest BCUT2D eigenvalue weighted by molar-refractivity contribution is -0.140. The van der Waals surface area contributed by atoms with Crippen molar-refractivity contribution in [2.45, 2.75) is 37.0 Å². The van der Waals surface area contributed by atoms with E-state index in [-0.39, 0.29) is 17.8 Å². The second kappa shape index (κ2) is 10.9. The Morgan fingerprint density at radius 1 is 1.15 bits per heavy atom. The molecule has 0 atom stereocenters. The Hall–Kier alpha value is -2.02. The van der Waals surface area contributed by atoms with Crippen LogP contribution in [0.2, 0.25) is 0 Å². The highest BCUT2D eigenvalue weighted by Gasteiger charge is 2.19. The van der Waals surface area contributed by atoms with E-state index >= 15 is 0 Å². The Labute approximate surface area is 158 Å². The van der Waals surface area contributed by atoms with Crippen molar-refractivity contribution < 1.29 is 19.1 Å². The minimum atomic E-state index is -0.235. The fourth-order valence-electron chi connectivity index (χ4n) is 2.77. The molecule has 0 radical (unpaired) electrons. The van der Waals surface area contributed by atoms with Crippen molar-refractivity contribution in [2.24, 2.45) is 0 Å². The van der Waals surface area contributed by atoms with Gasteiger partial charge in [0, 0.05) is 31.0 Å². The zero-order valence-corrected chi connectivity index (χ0v) is 16.0. The molecule has 0 aliphatic carbocycles. The van der Waals surface area contributed by atoms with Crippen LogP contribution in [0.5, 0.6) is 0 Å². The number of hydrogen-bond donors (Lipinski definition) is 1. The number of rotatable bonds is 9. The van der Waals surface area contributed by atoms with Gasteiger partial charge < -0.3 is 15.0 Å². The first-order valence-electron chi connectivity index (χ1n) is 8.96. The molecule has 1 heterocycles. The number of nitrogens with zero attached hydrogens (tertiary/aromatic N) is 1. The highest BCUT2D eigenvalue weighted by molar-refractivity contribution is 8.00. The number of methoxy groups -OCH3 is 1. The summed E-state index contributed by atoms with van der Waals surface area (Å²) in [6.07, 6.45) is 3.89. The van der Waals surface area contributed by atoms with Gasteiger partial charge in [-0.15, -0.1) is 11.8 Å². The minimum absolute atomic E-state index is 0.130. The molecule has 1 saturated heterocycles. The van der Waals surface area contributed by atoms with Crippen molar-refractivity contribution in [3.63, 3.8) is 0 Å². The molecule has 0 aromatic heterocycles. The summed E-state index contributed by atoms with van der Waals surface area (Å²) in [5, 5.41) is 2.87. The number of esters is 1. The fraction of sp³-hybridized carbons (Fsp3) is 0.526. The largest absolute Gasteiger partial charge is 0.469 e. The molecule has 2 amide bonds. The molecule has 6 nitrogen and oxygen atoms in total. The number of amides is 2. The van der Waals surface area contributed by atoms with Gasteiger partial charge in [-0.1, -0.05) is 12.1 Å². The molecule has 7 heteroatoms. The minimum Gasteiger partial charge on any atom is -0.469 e. The monoisotopic (exact) mass is 378 g/mol. The predicted molar refractivity (Wildman–Crippen MR) is 101 cm³/mol. The highest BCUT2D eigenvalue weighted by atomic mass is 32.2. The topological polar surface area (TPSA) is 75.7 Å². The third-order valence-electron chi connectivity index (χ3n) is 4.26. The van der Waals surface area contributed by atoms with Crippen molar-refractivity contribution in [1.29, 1.82) is 0 Å². The summed E-state index contributed by atoms with van der Waals surface area (Å²) in [6, 6.07) is 7.33. The van der Waals surface area contributed by atoms with E-state index in [1.807, 2.05) is 23.1 Å². The molecule has 1 N–H and O–H groups in total. The standard InChI is InChI=1S/C19H26N2O4S/c1-25-18(23)10-4-5-11-20-19(24)15-8-2-3-9-16(15)26-14-17(22)21-12-6-7-13-21/h2-3,8-9H,4-7,10-14H2,1H3,(H,20,24). The summed E-state index contributed by atoms with van der Waals surface area (Å²) in [4.78, 5) is 38.4. The second-order valence-corrected chi connectivity index (χ2v) is 7.18. The van der Waals surface area contributed by atoms with E-state index in [2.05, 4.69) is 10.1 Å². The number of carbonyl (C=O) groups is 3. The van der Waals surface area contributed by atoms with Crippen molar-refractivity contribution in [3.05, 3.63) is 29.8 Å². The summed E-state index contributed by atoms with van der Waals surface area (Å²) in [5.74, 6) is 0.0923. The quantitative estimate of drug-likeness (QED) is 0.406. The van der Waals surface area contributed by atoms with Crippen LogP contribution in [0.3, 0.4) is 0 Å². The molecular weight excluding hydrogens is 352 g/mol. The number of thioether (sulfide) groups is 1. The number of hydrogen-bond acceptors (Lipinski definition) is 5. The Balaban J connectivity index is 1.80. The maximum absolute atomic E-state index is 12.4. The van der Waals surface area contributed by atoms with Crippen molar-refractivity contribution >= 4 is 29.5 Å². The van der Waals surface area contributed by atoms with Crippen LogP contribution in [-0.2, 0) is 14.3 Å². The Morgan fingerprint density at radius 2 is 1.88 bits per heavy atom. The Bertz CT molecular complexity index is 630. The summed E-state index contributed by atoms with van der Waals surface area (Å²) in [7, 11) is 1.37. The molecule has 1 aliphatic heterocycles. The van der Waals surface area contributed by atoms with Gasteiger partial charge in [-0.3, -0.25) is 14.4 Å². The van der Waals surface area contributed by atoms with Crippen molar-refractivity contribution in [3.8, 4) is 0 Å². The number of benzene rings is 1. The molecule has 1 aromatic rings. The van der Waals surface area contributed by atoms with Gasteiger partial charge in [0.05, 0.1) is 18.4 Å². The van der Waals surface area contributed by atoms with E-state index in [0.717, 1.165) is 30.8 Å². The molecule has 142 valence electrons. The maximum Gasteiger partial charge on any atom is 0.305 e. The maximum atomic E-state index is 12.4. The molecule has 0 unspecified atom stereocenters. The van der Waals surface area contributed by atoms with Crippen LogP contribution in [-0.4, -0.2) is 55.2 Å². The van der Waals surface area contributed by atoms with Gasteiger partial charge >= 0.3 is 5.97 Å². The summed E-state index contributed by atoms with van der Waals surface area (Å²) < 4.78 is 4.59. The van der Waals surface area contributed by atoms with E-state index in [0.29, 0.717) is 37.1 Å². The molecule has 0 spiro atoms. The molecule has 2 rings (SSSR count). The zero-order chi connectivity index (χ0) is 18.8. The number of nitrogens with one attached hydrogen (secondary N) is 1. The summed E-state index contributed by atoms with van der Waals surface area (Å²) in [6.45, 7) is 2.18. The van der Waals surface area contributed by atoms with Gasteiger partial charge in [0.2, 0.25) is 5.91 Å². The first-order valence-corrected chi connectivity index (χ1v) is 9.95. The van der Waals surface area contributed by atoms with Crippen LogP contribution in [0.25, 0.3) is 0 Å². The van der Waals surface area contributed by atoms with E-state index in [9.17, 15) is 14.4 Å². The predicted octanol–water partition coefficient (Wildman–Crippen LogP) is 2.47. The van der Waals surface area contributed by atoms with E-state index < -0.39 is 0 Å². The Kier molecular flexibility index (Phi) is 8.47. The molecule has 1 aliphatic rings. The van der Waals surface area contributed by atoms with Crippen molar-refractivity contribution in [1.82, 2.24) is 10.2 Å².